The highest BCUT2D eigenvalue weighted by Crippen LogP contribution is 2.41. The summed E-state index contributed by atoms with van der Waals surface area (Å²) >= 11 is 0. The fourth-order valence-corrected chi connectivity index (χ4v) is 4.50. The number of aromatic hydroxyl groups is 1. The van der Waals surface area contributed by atoms with E-state index >= 15 is 0 Å². The van der Waals surface area contributed by atoms with Gasteiger partial charge >= 0.3 is 0 Å². The minimum Gasteiger partial charge on any atom is -0.507 e. The minimum atomic E-state index is 0.208. The Labute approximate surface area is 198 Å². The van der Waals surface area contributed by atoms with Gasteiger partial charge in [0.05, 0.1) is 17.0 Å². The number of para-hydroxylation sites is 1. The molecule has 3 nitrogen and oxygen atoms in total. The van der Waals surface area contributed by atoms with Gasteiger partial charge in [-0.3, -0.25) is 4.57 Å². The van der Waals surface area contributed by atoms with E-state index < -0.39 is 0 Å². The van der Waals surface area contributed by atoms with E-state index in [-0.39, 0.29) is 5.75 Å². The van der Waals surface area contributed by atoms with Gasteiger partial charge in [-0.2, -0.15) is 0 Å². The number of rotatable bonds is 4. The topological polar surface area (TPSA) is 38.1 Å². The highest BCUT2D eigenvalue weighted by atomic mass is 16.3. The van der Waals surface area contributed by atoms with Crippen LogP contribution in [0.15, 0.2) is 127 Å². The Morgan fingerprint density at radius 3 is 1.74 bits per heavy atom. The molecule has 5 aromatic carbocycles. The standard InChI is InChI=1S/C31H22N2O/c34-28-21-25-17-11-10-16-24(25)20-27(28)31-32-29(22-12-4-1-5-13-22)30(23-14-6-2-7-15-23)33(31)26-18-8-3-9-19-26/h1-21,34H. The molecule has 0 saturated heterocycles. The van der Waals surface area contributed by atoms with E-state index in [1.165, 1.54) is 0 Å². The van der Waals surface area contributed by atoms with E-state index in [9.17, 15) is 5.11 Å². The normalized spacial score (nSPS) is 11.1. The molecule has 0 spiro atoms. The lowest BCUT2D eigenvalue weighted by molar-refractivity contribution is 0.477. The quantitative estimate of drug-likeness (QED) is 0.306. The summed E-state index contributed by atoms with van der Waals surface area (Å²) in [6, 6.07) is 42.6. The molecular weight excluding hydrogens is 416 g/mol. The first-order chi connectivity index (χ1) is 16.8. The van der Waals surface area contributed by atoms with Crippen molar-refractivity contribution >= 4 is 10.8 Å². The van der Waals surface area contributed by atoms with Crippen LogP contribution in [0.3, 0.4) is 0 Å². The number of benzene rings is 5. The van der Waals surface area contributed by atoms with Crippen molar-refractivity contribution < 1.29 is 5.11 Å². The van der Waals surface area contributed by atoms with Crippen molar-refractivity contribution in [1.29, 1.82) is 0 Å². The average molecular weight is 439 g/mol. The number of aromatic nitrogens is 2. The van der Waals surface area contributed by atoms with Gasteiger partial charge < -0.3 is 5.11 Å². The van der Waals surface area contributed by atoms with Crippen molar-refractivity contribution in [3.05, 3.63) is 127 Å². The smallest absolute Gasteiger partial charge is 0.149 e. The van der Waals surface area contributed by atoms with Crippen LogP contribution >= 0.6 is 0 Å². The highest BCUT2D eigenvalue weighted by molar-refractivity contribution is 5.92. The molecule has 0 atom stereocenters. The minimum absolute atomic E-state index is 0.208. The van der Waals surface area contributed by atoms with Crippen LogP contribution < -0.4 is 0 Å². The first-order valence-corrected chi connectivity index (χ1v) is 11.3. The SMILES string of the molecule is Oc1cc2ccccc2cc1-c1nc(-c2ccccc2)c(-c2ccccc2)n1-c1ccccc1. The molecule has 0 amide bonds. The molecule has 0 radical (unpaired) electrons. The maximum Gasteiger partial charge on any atom is 0.149 e. The van der Waals surface area contributed by atoms with Gasteiger partial charge in [0.1, 0.15) is 11.6 Å². The van der Waals surface area contributed by atoms with Crippen LogP contribution in [0.4, 0.5) is 0 Å². The summed E-state index contributed by atoms with van der Waals surface area (Å²) in [5.74, 6) is 0.910. The Morgan fingerprint density at radius 1 is 0.559 bits per heavy atom. The first-order valence-electron chi connectivity index (χ1n) is 11.3. The zero-order chi connectivity index (χ0) is 22.9. The van der Waals surface area contributed by atoms with Crippen molar-refractivity contribution in [3.8, 4) is 45.3 Å². The van der Waals surface area contributed by atoms with Gasteiger partial charge in [-0.1, -0.05) is 103 Å². The van der Waals surface area contributed by atoms with Crippen LogP contribution in [0.1, 0.15) is 0 Å². The van der Waals surface area contributed by atoms with Crippen LogP contribution in [0.25, 0.3) is 50.4 Å². The van der Waals surface area contributed by atoms with Gasteiger partial charge in [-0.15, -0.1) is 0 Å². The van der Waals surface area contributed by atoms with Gasteiger partial charge in [0, 0.05) is 16.8 Å². The largest absolute Gasteiger partial charge is 0.507 e. The van der Waals surface area contributed by atoms with Crippen molar-refractivity contribution in [2.24, 2.45) is 0 Å². The van der Waals surface area contributed by atoms with Crippen LogP contribution in [0, 0.1) is 0 Å². The molecule has 0 bridgehead atoms. The number of hydrogen-bond acceptors (Lipinski definition) is 2. The Bertz CT molecular complexity index is 1590. The molecule has 0 aliphatic heterocycles. The molecule has 0 saturated carbocycles. The van der Waals surface area contributed by atoms with Crippen molar-refractivity contribution in [2.45, 2.75) is 0 Å². The Balaban J connectivity index is 1.74. The average Bonchev–Trinajstić information content (AvgIpc) is 3.30. The third-order valence-electron chi connectivity index (χ3n) is 6.09. The maximum atomic E-state index is 11.1. The van der Waals surface area contributed by atoms with Crippen LogP contribution in [0.5, 0.6) is 5.75 Å². The molecule has 1 aromatic heterocycles. The van der Waals surface area contributed by atoms with Gasteiger partial charge in [-0.05, 0) is 35.0 Å². The predicted octanol–water partition coefficient (Wildman–Crippen LogP) is 7.73. The third-order valence-corrected chi connectivity index (χ3v) is 6.09. The molecule has 0 aliphatic rings. The number of hydrogen-bond donors (Lipinski definition) is 1. The monoisotopic (exact) mass is 438 g/mol. The fourth-order valence-electron chi connectivity index (χ4n) is 4.50. The number of nitrogens with zero attached hydrogens (tertiary/aromatic N) is 2. The Kier molecular flexibility index (Phi) is 4.93. The lowest BCUT2D eigenvalue weighted by Crippen LogP contribution is -2.00. The van der Waals surface area contributed by atoms with Crippen molar-refractivity contribution in [3.63, 3.8) is 0 Å². The van der Waals surface area contributed by atoms with Crippen LogP contribution in [-0.2, 0) is 0 Å². The number of phenols is 1. The fraction of sp³-hybridized carbons (Fsp3) is 0. The van der Waals surface area contributed by atoms with E-state index in [0.717, 1.165) is 39.0 Å². The predicted molar refractivity (Wildman–Crippen MR) is 139 cm³/mol. The highest BCUT2D eigenvalue weighted by Gasteiger charge is 2.24. The lowest BCUT2D eigenvalue weighted by atomic mass is 10.0. The summed E-state index contributed by atoms with van der Waals surface area (Å²) in [4.78, 5) is 5.17. The molecule has 1 heterocycles. The molecular formula is C31H22N2O. The molecule has 3 heteroatoms. The molecule has 1 N–H and O–H groups in total. The summed E-state index contributed by atoms with van der Waals surface area (Å²) in [5.41, 5.74) is 5.63. The molecule has 162 valence electrons. The number of imidazole rings is 1. The summed E-state index contributed by atoms with van der Waals surface area (Å²) in [6.07, 6.45) is 0. The second-order valence-corrected chi connectivity index (χ2v) is 8.25. The third kappa shape index (κ3) is 3.44. The zero-order valence-electron chi connectivity index (χ0n) is 18.5. The summed E-state index contributed by atoms with van der Waals surface area (Å²) < 4.78 is 2.15. The van der Waals surface area contributed by atoms with E-state index in [1.54, 1.807) is 0 Å². The van der Waals surface area contributed by atoms with Gasteiger partial charge in [-0.25, -0.2) is 4.98 Å². The van der Waals surface area contributed by atoms with E-state index in [2.05, 4.69) is 47.0 Å². The first kappa shape index (κ1) is 20.0. The molecule has 6 rings (SSSR count). The molecule has 0 aliphatic carbocycles. The second kappa shape index (κ2) is 8.38. The molecule has 6 aromatic rings. The summed E-state index contributed by atoms with van der Waals surface area (Å²) in [6.45, 7) is 0. The zero-order valence-corrected chi connectivity index (χ0v) is 18.5. The molecule has 0 fully saturated rings. The van der Waals surface area contributed by atoms with Crippen molar-refractivity contribution in [2.75, 3.05) is 0 Å². The molecule has 0 unspecified atom stereocenters. The van der Waals surface area contributed by atoms with Crippen LogP contribution in [0.2, 0.25) is 0 Å². The summed E-state index contributed by atoms with van der Waals surface area (Å²) in [7, 11) is 0. The second-order valence-electron chi connectivity index (χ2n) is 8.25. The molecule has 34 heavy (non-hydrogen) atoms. The van der Waals surface area contributed by atoms with E-state index in [0.29, 0.717) is 11.4 Å². The van der Waals surface area contributed by atoms with Gasteiger partial charge in [0.15, 0.2) is 0 Å². The van der Waals surface area contributed by atoms with Crippen molar-refractivity contribution in [1.82, 2.24) is 9.55 Å². The van der Waals surface area contributed by atoms with E-state index in [4.69, 9.17) is 4.98 Å². The number of phenolic OH excluding ortho intramolecular Hbond substituents is 1. The summed E-state index contributed by atoms with van der Waals surface area (Å²) in [5, 5.41) is 13.2. The van der Waals surface area contributed by atoms with Gasteiger partial charge in [0.25, 0.3) is 0 Å². The van der Waals surface area contributed by atoms with E-state index in [1.807, 2.05) is 84.9 Å². The Morgan fingerprint density at radius 2 is 1.09 bits per heavy atom. The van der Waals surface area contributed by atoms with Crippen LogP contribution in [-0.4, -0.2) is 14.7 Å². The van der Waals surface area contributed by atoms with Gasteiger partial charge in [0.2, 0.25) is 0 Å². The maximum absolute atomic E-state index is 11.1. The Hall–Kier alpha value is -4.63. The lowest BCUT2D eigenvalue weighted by Gasteiger charge is -2.14. The number of fused-ring (bicyclic) bond motifs is 1.